The number of para-hydroxylation sites is 2. The molecule has 0 bridgehead atoms. The van der Waals surface area contributed by atoms with Gasteiger partial charge in [-0.1, -0.05) is 115 Å². The van der Waals surface area contributed by atoms with Crippen molar-refractivity contribution in [3.05, 3.63) is 193 Å². The molecule has 3 aromatic heterocycles. The molecule has 0 aliphatic heterocycles. The maximum absolute atomic E-state index is 6.59. The molecule has 0 fully saturated rings. The van der Waals surface area contributed by atoms with E-state index in [0.29, 0.717) is 6.54 Å². The summed E-state index contributed by atoms with van der Waals surface area (Å²) in [7, 11) is 0. The number of nitrogen functional groups attached to an aromatic ring is 1. The summed E-state index contributed by atoms with van der Waals surface area (Å²) in [5.74, 6) is 0. The van der Waals surface area contributed by atoms with Crippen LogP contribution in [0.1, 0.15) is 11.3 Å². The molecule has 4 nitrogen and oxygen atoms in total. The van der Waals surface area contributed by atoms with E-state index in [4.69, 9.17) is 10.7 Å². The molecule has 0 atom stereocenters. The molecule has 0 saturated heterocycles. The number of anilines is 1. The van der Waals surface area contributed by atoms with Crippen LogP contribution >= 0.6 is 0 Å². The van der Waals surface area contributed by atoms with Crippen molar-refractivity contribution in [3.63, 3.8) is 0 Å². The normalized spacial score (nSPS) is 13.0. The smallest absolute Gasteiger partial charge is 0.0784 e. The largest absolute Gasteiger partial charge is 0.398 e. The Hall–Kier alpha value is -7.17. The Morgan fingerprint density at radius 2 is 1.09 bits per heavy atom. The summed E-state index contributed by atoms with van der Waals surface area (Å²) in [6.45, 7) is 0.694. The lowest BCUT2D eigenvalue weighted by Crippen LogP contribution is -1.98. The summed E-state index contributed by atoms with van der Waals surface area (Å²) in [4.78, 5) is 4.81. The summed E-state index contributed by atoms with van der Waals surface area (Å²) < 4.78 is 4.82. The van der Waals surface area contributed by atoms with E-state index < -0.39 is 0 Å². The summed E-state index contributed by atoms with van der Waals surface area (Å²) in [6, 6.07) is 61.1. The predicted molar refractivity (Wildman–Crippen MR) is 226 cm³/mol. The minimum atomic E-state index is 0.694. The first-order valence-corrected chi connectivity index (χ1v) is 18.5. The molecule has 1 aliphatic carbocycles. The Balaban J connectivity index is 1.03. The van der Waals surface area contributed by atoms with Crippen molar-refractivity contribution >= 4 is 54.9 Å². The Labute approximate surface area is 312 Å². The molecular formula is C50H34N4. The van der Waals surface area contributed by atoms with Crippen LogP contribution in [0.25, 0.3) is 88.3 Å². The molecule has 0 saturated carbocycles. The van der Waals surface area contributed by atoms with Gasteiger partial charge in [-0.2, -0.15) is 0 Å². The second-order valence-corrected chi connectivity index (χ2v) is 14.1. The standard InChI is InChI=1S/C50H34N4/c51-44-19-9-17-39-40-18-10-27-52-50(40)41(49(39)44)26-28-53-45-20-6-4-15-37(45)42-30-34(22-24-46(42)53)35-23-25-48-43(31-35)38-16-5-7-21-47(38)54(48)36-14-8-13-33(29-36)32-11-2-1-3-12-32/h1-27,29-31H,28,51H2/b41-26+. The molecule has 10 aromatic rings. The predicted octanol–water partition coefficient (Wildman–Crippen LogP) is 12.3. The van der Waals surface area contributed by atoms with Crippen molar-refractivity contribution < 1.29 is 0 Å². The summed E-state index contributed by atoms with van der Waals surface area (Å²) in [5.41, 5.74) is 23.6. The molecule has 1 aliphatic rings. The SMILES string of the molecule is Nc1cccc2c1/C(=C\Cn1c3ccccc3c3cc(-c4ccc5c(c4)c4ccccc4n5-c4cccc(-c5ccccc5)c4)ccc31)c1ncccc1-2. The first-order chi connectivity index (χ1) is 26.7. The minimum Gasteiger partial charge on any atom is -0.398 e. The van der Waals surface area contributed by atoms with Gasteiger partial charge in [-0.15, -0.1) is 0 Å². The lowest BCUT2D eigenvalue weighted by molar-refractivity contribution is 0.900. The van der Waals surface area contributed by atoms with Gasteiger partial charge in [0.15, 0.2) is 0 Å². The highest BCUT2D eigenvalue weighted by atomic mass is 15.0. The molecule has 3 heterocycles. The third-order valence-corrected chi connectivity index (χ3v) is 11.2. The fraction of sp³-hybridized carbons (Fsp3) is 0.0200. The third kappa shape index (κ3) is 4.60. The van der Waals surface area contributed by atoms with Crippen LogP contribution in [-0.4, -0.2) is 14.1 Å². The lowest BCUT2D eigenvalue weighted by Gasteiger charge is -2.11. The van der Waals surface area contributed by atoms with Gasteiger partial charge in [-0.3, -0.25) is 4.98 Å². The Bertz CT molecular complexity index is 3140. The number of fused-ring (bicyclic) bond motifs is 9. The number of nitrogens with zero attached hydrogens (tertiary/aromatic N) is 3. The first-order valence-electron chi connectivity index (χ1n) is 18.5. The zero-order valence-corrected chi connectivity index (χ0v) is 29.4. The van der Waals surface area contributed by atoms with Crippen molar-refractivity contribution in [1.29, 1.82) is 0 Å². The quantitative estimate of drug-likeness (QED) is 0.183. The molecule has 2 N–H and O–H groups in total. The van der Waals surface area contributed by atoms with E-state index in [1.165, 1.54) is 65.9 Å². The van der Waals surface area contributed by atoms with E-state index in [1.807, 2.05) is 24.4 Å². The molecule has 7 aromatic carbocycles. The third-order valence-electron chi connectivity index (χ3n) is 11.2. The number of benzene rings is 7. The molecule has 4 heteroatoms. The van der Waals surface area contributed by atoms with Crippen LogP contribution in [0.5, 0.6) is 0 Å². The van der Waals surface area contributed by atoms with Crippen molar-refractivity contribution in [3.8, 4) is 39.1 Å². The highest BCUT2D eigenvalue weighted by Crippen LogP contribution is 2.46. The van der Waals surface area contributed by atoms with Crippen molar-refractivity contribution in [2.24, 2.45) is 0 Å². The van der Waals surface area contributed by atoms with Crippen molar-refractivity contribution in [2.45, 2.75) is 6.54 Å². The van der Waals surface area contributed by atoms with Crippen molar-refractivity contribution in [2.75, 3.05) is 5.73 Å². The first kappa shape index (κ1) is 30.5. The van der Waals surface area contributed by atoms with Gasteiger partial charge >= 0.3 is 0 Å². The number of nitrogens with two attached hydrogens (primary N) is 1. The second-order valence-electron chi connectivity index (χ2n) is 14.1. The number of hydrogen-bond acceptors (Lipinski definition) is 2. The van der Waals surface area contributed by atoms with E-state index in [9.17, 15) is 0 Å². The number of hydrogen-bond donors (Lipinski definition) is 1. The Kier molecular flexibility index (Phi) is 6.73. The van der Waals surface area contributed by atoms with Crippen LogP contribution in [0.2, 0.25) is 0 Å². The number of rotatable bonds is 5. The van der Waals surface area contributed by atoms with Gasteiger partial charge in [-0.25, -0.2) is 0 Å². The molecule has 54 heavy (non-hydrogen) atoms. The van der Waals surface area contributed by atoms with Gasteiger partial charge in [0.05, 0.1) is 16.7 Å². The van der Waals surface area contributed by atoms with Crippen LogP contribution in [0.15, 0.2) is 182 Å². The highest BCUT2D eigenvalue weighted by molar-refractivity contribution is 6.12. The van der Waals surface area contributed by atoms with Gasteiger partial charge in [0, 0.05) is 73.4 Å². The number of allylic oxidation sites excluding steroid dienone is 1. The van der Waals surface area contributed by atoms with Gasteiger partial charge < -0.3 is 14.9 Å². The summed E-state index contributed by atoms with van der Waals surface area (Å²) in [5, 5.41) is 4.97. The van der Waals surface area contributed by atoms with E-state index in [1.54, 1.807) is 0 Å². The molecule has 0 radical (unpaired) electrons. The molecule has 0 unspecified atom stereocenters. The topological polar surface area (TPSA) is 48.8 Å². The fourth-order valence-corrected chi connectivity index (χ4v) is 8.75. The minimum absolute atomic E-state index is 0.694. The van der Waals surface area contributed by atoms with Gasteiger partial charge in [0.2, 0.25) is 0 Å². The fourth-order valence-electron chi connectivity index (χ4n) is 8.75. The van der Waals surface area contributed by atoms with E-state index in [-0.39, 0.29) is 0 Å². The van der Waals surface area contributed by atoms with Gasteiger partial charge in [0.25, 0.3) is 0 Å². The Morgan fingerprint density at radius 3 is 1.93 bits per heavy atom. The Morgan fingerprint density at radius 1 is 0.481 bits per heavy atom. The average Bonchev–Trinajstić information content (AvgIpc) is 3.86. The summed E-state index contributed by atoms with van der Waals surface area (Å²) in [6.07, 6.45) is 4.17. The second kappa shape index (κ2) is 11.9. The van der Waals surface area contributed by atoms with Crippen LogP contribution in [-0.2, 0) is 6.54 Å². The van der Waals surface area contributed by atoms with E-state index >= 15 is 0 Å². The van der Waals surface area contributed by atoms with Crippen molar-refractivity contribution in [1.82, 2.24) is 14.1 Å². The lowest BCUT2D eigenvalue weighted by atomic mass is 10.0. The highest BCUT2D eigenvalue weighted by Gasteiger charge is 2.26. The molecule has 254 valence electrons. The average molecular weight is 691 g/mol. The molecule has 11 rings (SSSR count). The maximum atomic E-state index is 6.59. The van der Waals surface area contributed by atoms with Crippen LogP contribution < -0.4 is 5.73 Å². The van der Waals surface area contributed by atoms with Gasteiger partial charge in [0.1, 0.15) is 0 Å². The molecular weight excluding hydrogens is 657 g/mol. The van der Waals surface area contributed by atoms with E-state index in [0.717, 1.165) is 39.3 Å². The van der Waals surface area contributed by atoms with E-state index in [2.05, 4.69) is 167 Å². The zero-order chi connectivity index (χ0) is 35.8. The maximum Gasteiger partial charge on any atom is 0.0784 e. The van der Waals surface area contributed by atoms with Crippen LogP contribution in [0, 0.1) is 0 Å². The molecule has 0 amide bonds. The number of aromatic nitrogens is 3. The molecule has 0 spiro atoms. The monoisotopic (exact) mass is 690 g/mol. The number of pyridine rings is 1. The summed E-state index contributed by atoms with van der Waals surface area (Å²) >= 11 is 0. The van der Waals surface area contributed by atoms with Crippen LogP contribution in [0.4, 0.5) is 5.69 Å². The zero-order valence-electron chi connectivity index (χ0n) is 29.4. The van der Waals surface area contributed by atoms with Crippen LogP contribution in [0.3, 0.4) is 0 Å². The van der Waals surface area contributed by atoms with Gasteiger partial charge in [-0.05, 0) is 88.5 Å².